The van der Waals surface area contributed by atoms with Crippen molar-refractivity contribution < 1.29 is 12.9 Å². The summed E-state index contributed by atoms with van der Waals surface area (Å²) in [5, 5.41) is 3.65. The molecular weight excluding hydrogens is 254 g/mol. The standard InChI is InChI=1S/C11H17N3O3S/c1-8-12-11(13-17-8)7-18(15,16)14-6-5-10(14)9-3-2-4-9/h9-10H,2-7H2,1H3. The van der Waals surface area contributed by atoms with Crippen molar-refractivity contribution in [3.63, 3.8) is 0 Å². The number of hydrogen-bond acceptors (Lipinski definition) is 5. The Hall–Kier alpha value is -0.950. The summed E-state index contributed by atoms with van der Waals surface area (Å²) in [6.45, 7) is 2.30. The monoisotopic (exact) mass is 271 g/mol. The van der Waals surface area contributed by atoms with Crippen molar-refractivity contribution in [1.29, 1.82) is 0 Å². The molecule has 1 aromatic rings. The maximum absolute atomic E-state index is 12.3. The Morgan fingerprint density at radius 1 is 1.39 bits per heavy atom. The van der Waals surface area contributed by atoms with Crippen molar-refractivity contribution >= 4 is 10.0 Å². The Morgan fingerprint density at radius 3 is 2.61 bits per heavy atom. The van der Waals surface area contributed by atoms with Crippen LogP contribution in [0.1, 0.15) is 37.4 Å². The summed E-state index contributed by atoms with van der Waals surface area (Å²) in [7, 11) is -3.29. The number of sulfonamides is 1. The molecule has 100 valence electrons. The van der Waals surface area contributed by atoms with Crippen LogP contribution in [0.15, 0.2) is 4.52 Å². The predicted molar refractivity (Wildman–Crippen MR) is 64.1 cm³/mol. The van der Waals surface area contributed by atoms with Crippen molar-refractivity contribution in [2.45, 2.75) is 44.4 Å². The fourth-order valence-electron chi connectivity index (χ4n) is 2.67. The van der Waals surface area contributed by atoms with E-state index in [4.69, 9.17) is 4.52 Å². The van der Waals surface area contributed by atoms with Crippen molar-refractivity contribution in [3.05, 3.63) is 11.7 Å². The van der Waals surface area contributed by atoms with Crippen LogP contribution >= 0.6 is 0 Å². The molecule has 1 saturated heterocycles. The number of aromatic nitrogens is 2. The number of aryl methyl sites for hydroxylation is 1. The lowest BCUT2D eigenvalue weighted by Crippen LogP contribution is -2.56. The van der Waals surface area contributed by atoms with Gasteiger partial charge in [0, 0.05) is 19.5 Å². The fourth-order valence-corrected chi connectivity index (χ4v) is 4.35. The second-order valence-electron chi connectivity index (χ2n) is 5.14. The summed E-state index contributed by atoms with van der Waals surface area (Å²) in [5.41, 5.74) is 0. The van der Waals surface area contributed by atoms with E-state index in [2.05, 4.69) is 10.1 Å². The quantitative estimate of drug-likeness (QED) is 0.819. The normalized spacial score (nSPS) is 25.7. The molecule has 1 aromatic heterocycles. The Morgan fingerprint density at radius 2 is 2.17 bits per heavy atom. The minimum absolute atomic E-state index is 0.145. The lowest BCUT2D eigenvalue weighted by Gasteiger charge is -2.47. The van der Waals surface area contributed by atoms with Crippen molar-refractivity contribution in [2.24, 2.45) is 5.92 Å². The topological polar surface area (TPSA) is 76.3 Å². The largest absolute Gasteiger partial charge is 0.340 e. The molecule has 7 heteroatoms. The van der Waals surface area contributed by atoms with Gasteiger partial charge in [0.05, 0.1) is 0 Å². The molecule has 0 spiro atoms. The second kappa shape index (κ2) is 4.31. The molecule has 2 heterocycles. The van der Waals surface area contributed by atoms with Gasteiger partial charge in [-0.05, 0) is 25.2 Å². The molecule has 18 heavy (non-hydrogen) atoms. The van der Waals surface area contributed by atoms with Gasteiger partial charge in [-0.2, -0.15) is 9.29 Å². The van der Waals surface area contributed by atoms with Crippen LogP contribution in [0.5, 0.6) is 0 Å². The third-order valence-electron chi connectivity index (χ3n) is 3.95. The van der Waals surface area contributed by atoms with Crippen LogP contribution in [-0.4, -0.2) is 35.5 Å². The maximum Gasteiger partial charge on any atom is 0.223 e. The molecule has 1 aliphatic heterocycles. The molecule has 0 bridgehead atoms. The van der Waals surface area contributed by atoms with Gasteiger partial charge in [-0.3, -0.25) is 0 Å². The van der Waals surface area contributed by atoms with Crippen LogP contribution in [0, 0.1) is 12.8 Å². The first-order valence-corrected chi connectivity index (χ1v) is 7.96. The van der Waals surface area contributed by atoms with Gasteiger partial charge in [0.25, 0.3) is 0 Å². The summed E-state index contributed by atoms with van der Waals surface area (Å²) in [4.78, 5) is 3.96. The van der Waals surface area contributed by atoms with Gasteiger partial charge in [0.1, 0.15) is 5.75 Å². The first kappa shape index (κ1) is 12.1. The first-order valence-electron chi connectivity index (χ1n) is 6.35. The lowest BCUT2D eigenvalue weighted by molar-refractivity contribution is 0.0850. The molecule has 0 radical (unpaired) electrons. The van der Waals surface area contributed by atoms with Gasteiger partial charge in [0.2, 0.25) is 15.9 Å². The van der Waals surface area contributed by atoms with E-state index in [0.717, 1.165) is 19.3 Å². The molecule has 2 fully saturated rings. The highest BCUT2D eigenvalue weighted by molar-refractivity contribution is 7.88. The number of nitrogens with zero attached hydrogens (tertiary/aromatic N) is 3. The van der Waals surface area contributed by atoms with Gasteiger partial charge in [-0.25, -0.2) is 8.42 Å². The molecule has 0 N–H and O–H groups in total. The zero-order chi connectivity index (χ0) is 12.8. The van der Waals surface area contributed by atoms with E-state index in [1.165, 1.54) is 6.42 Å². The lowest BCUT2D eigenvalue weighted by atomic mass is 9.76. The molecule has 6 nitrogen and oxygen atoms in total. The van der Waals surface area contributed by atoms with Crippen LogP contribution in [0.4, 0.5) is 0 Å². The summed E-state index contributed by atoms with van der Waals surface area (Å²) in [6, 6.07) is 0.219. The van der Waals surface area contributed by atoms with Crippen LogP contribution in [-0.2, 0) is 15.8 Å². The van der Waals surface area contributed by atoms with E-state index in [1.807, 2.05) is 0 Å². The summed E-state index contributed by atoms with van der Waals surface area (Å²) >= 11 is 0. The van der Waals surface area contributed by atoms with Crippen molar-refractivity contribution in [2.75, 3.05) is 6.54 Å². The third kappa shape index (κ3) is 2.05. The predicted octanol–water partition coefficient (Wildman–Crippen LogP) is 1.08. The number of hydrogen-bond donors (Lipinski definition) is 0. The highest BCUT2D eigenvalue weighted by atomic mass is 32.2. The summed E-state index contributed by atoms with van der Waals surface area (Å²) in [6.07, 6.45) is 4.56. The van der Waals surface area contributed by atoms with E-state index in [0.29, 0.717) is 18.4 Å². The second-order valence-corrected chi connectivity index (χ2v) is 7.07. The summed E-state index contributed by atoms with van der Waals surface area (Å²) in [5.74, 6) is 1.08. The van der Waals surface area contributed by atoms with Gasteiger partial charge >= 0.3 is 0 Å². The smallest absolute Gasteiger partial charge is 0.223 e. The Labute approximate surface area is 106 Å². The highest BCUT2D eigenvalue weighted by Gasteiger charge is 2.43. The molecule has 1 unspecified atom stereocenters. The third-order valence-corrected chi connectivity index (χ3v) is 5.74. The van der Waals surface area contributed by atoms with Crippen LogP contribution in [0.2, 0.25) is 0 Å². The average Bonchev–Trinajstić information content (AvgIpc) is 2.53. The van der Waals surface area contributed by atoms with Crippen LogP contribution in [0.3, 0.4) is 0 Å². The Balaban J connectivity index is 1.70. The highest BCUT2D eigenvalue weighted by Crippen LogP contribution is 2.39. The van der Waals surface area contributed by atoms with Gasteiger partial charge < -0.3 is 4.52 Å². The molecule has 3 rings (SSSR count). The Bertz CT molecular complexity index is 535. The van der Waals surface area contributed by atoms with E-state index >= 15 is 0 Å². The SMILES string of the molecule is Cc1nc(CS(=O)(=O)N2CCC2C2CCC2)no1. The molecule has 1 aliphatic carbocycles. The van der Waals surface area contributed by atoms with Gasteiger partial charge in [-0.1, -0.05) is 11.6 Å². The van der Waals surface area contributed by atoms with Crippen molar-refractivity contribution in [1.82, 2.24) is 14.4 Å². The number of rotatable bonds is 4. The fraction of sp³-hybridized carbons (Fsp3) is 0.818. The average molecular weight is 271 g/mol. The van der Waals surface area contributed by atoms with E-state index in [1.54, 1.807) is 11.2 Å². The van der Waals surface area contributed by atoms with Crippen molar-refractivity contribution in [3.8, 4) is 0 Å². The first-order chi connectivity index (χ1) is 8.56. The molecular formula is C11H17N3O3S. The zero-order valence-corrected chi connectivity index (χ0v) is 11.2. The van der Waals surface area contributed by atoms with Gasteiger partial charge in [0.15, 0.2) is 5.82 Å². The zero-order valence-electron chi connectivity index (χ0n) is 10.4. The minimum Gasteiger partial charge on any atom is -0.340 e. The van der Waals surface area contributed by atoms with Gasteiger partial charge in [-0.15, -0.1) is 0 Å². The maximum atomic E-state index is 12.3. The Kier molecular flexibility index (Phi) is 2.90. The minimum atomic E-state index is -3.29. The molecule has 2 aliphatic rings. The van der Waals surface area contributed by atoms with Crippen LogP contribution in [0.25, 0.3) is 0 Å². The molecule has 0 aromatic carbocycles. The summed E-state index contributed by atoms with van der Waals surface area (Å²) < 4.78 is 30.9. The van der Waals surface area contributed by atoms with E-state index < -0.39 is 10.0 Å². The molecule has 0 amide bonds. The van der Waals surface area contributed by atoms with Crippen LogP contribution < -0.4 is 0 Å². The van der Waals surface area contributed by atoms with E-state index in [9.17, 15) is 8.42 Å². The molecule has 1 atom stereocenters. The van der Waals surface area contributed by atoms with E-state index in [-0.39, 0.29) is 17.6 Å². The molecule has 1 saturated carbocycles.